The van der Waals surface area contributed by atoms with Crippen molar-refractivity contribution >= 4 is 33.4 Å². The van der Waals surface area contributed by atoms with Gasteiger partial charge in [0.2, 0.25) is 5.90 Å². The van der Waals surface area contributed by atoms with Crippen LogP contribution in [0.2, 0.25) is 0 Å². The largest absolute Gasteiger partial charge is 0.494 e. The SMILES string of the molecule is [N-]=[N+]=Nc1ccccc1C[C@]1(C(=O)NNCc2ccc(F)cc2F)N=C(c2ccc(OCCCO)cc2)O[C@H]1c1ccc(Br)cc1. The lowest BCUT2D eigenvalue weighted by molar-refractivity contribution is -0.130. The Labute approximate surface area is 271 Å². The highest BCUT2D eigenvalue weighted by atomic mass is 79.9. The fourth-order valence-corrected chi connectivity index (χ4v) is 5.27. The normalized spacial score (nSPS) is 17.0. The van der Waals surface area contributed by atoms with Gasteiger partial charge in [-0.3, -0.25) is 10.2 Å². The first-order valence-corrected chi connectivity index (χ1v) is 15.1. The number of ether oxygens (including phenoxy) is 2. The standard InChI is InChI=1S/C33H29BrF2N6O4/c34-25-11-6-21(7-12-25)30-33(19-23-4-1-2-5-29(23)40-42-37,32(44)41-38-20-24-8-13-26(35)18-28(24)36)39-31(46-30)22-9-14-27(15-10-22)45-17-3-16-43/h1-2,4-15,18,30,38,43H,3,16-17,19-20H2,(H,41,44)/t30-,33-/m0/s1. The van der Waals surface area contributed by atoms with E-state index in [1.165, 1.54) is 6.07 Å². The Kier molecular flexibility index (Phi) is 10.6. The molecule has 2 atom stereocenters. The second-order valence-corrected chi connectivity index (χ2v) is 11.3. The minimum Gasteiger partial charge on any atom is -0.494 e. The smallest absolute Gasteiger partial charge is 0.266 e. The van der Waals surface area contributed by atoms with E-state index >= 15 is 0 Å². The fourth-order valence-electron chi connectivity index (χ4n) is 5.01. The molecule has 1 aliphatic heterocycles. The van der Waals surface area contributed by atoms with Gasteiger partial charge in [-0.2, -0.15) is 0 Å². The summed E-state index contributed by atoms with van der Waals surface area (Å²) in [6, 6.07) is 24.3. The Balaban J connectivity index is 1.55. The maximum absolute atomic E-state index is 14.3. The van der Waals surface area contributed by atoms with E-state index < -0.39 is 29.2 Å². The number of halogens is 3. The maximum Gasteiger partial charge on any atom is 0.266 e. The third kappa shape index (κ3) is 7.52. The molecular formula is C33H29BrF2N6O4. The number of benzene rings is 4. The van der Waals surface area contributed by atoms with Crippen LogP contribution in [0.15, 0.2) is 106 Å². The molecule has 0 saturated heterocycles. The molecule has 3 N–H and O–H groups in total. The molecule has 0 bridgehead atoms. The van der Waals surface area contributed by atoms with Gasteiger partial charge in [0, 0.05) is 58.3 Å². The van der Waals surface area contributed by atoms with Crippen molar-refractivity contribution in [3.05, 3.63) is 140 Å². The second-order valence-electron chi connectivity index (χ2n) is 10.4. The summed E-state index contributed by atoms with van der Waals surface area (Å²) in [5.74, 6) is -1.30. The van der Waals surface area contributed by atoms with Crippen molar-refractivity contribution < 1.29 is 28.2 Å². The molecule has 4 aromatic rings. The van der Waals surface area contributed by atoms with E-state index in [4.69, 9.17) is 19.6 Å². The van der Waals surface area contributed by atoms with E-state index in [1.54, 1.807) is 48.5 Å². The van der Waals surface area contributed by atoms with Crippen LogP contribution in [0.4, 0.5) is 14.5 Å². The molecule has 0 aliphatic carbocycles. The highest BCUT2D eigenvalue weighted by Gasteiger charge is 2.53. The fraction of sp³-hybridized carbons (Fsp3) is 0.212. The lowest BCUT2D eigenvalue weighted by Crippen LogP contribution is -2.53. The predicted molar refractivity (Wildman–Crippen MR) is 171 cm³/mol. The molecule has 1 heterocycles. The topological polar surface area (TPSA) is 141 Å². The van der Waals surface area contributed by atoms with Gasteiger partial charge in [0.15, 0.2) is 11.6 Å². The van der Waals surface area contributed by atoms with E-state index in [1.807, 2.05) is 24.3 Å². The molecular weight excluding hydrogens is 662 g/mol. The predicted octanol–water partition coefficient (Wildman–Crippen LogP) is 6.75. The summed E-state index contributed by atoms with van der Waals surface area (Å²) >= 11 is 3.45. The van der Waals surface area contributed by atoms with Crippen molar-refractivity contribution in [2.75, 3.05) is 13.2 Å². The Morgan fingerprint density at radius 3 is 2.54 bits per heavy atom. The summed E-state index contributed by atoms with van der Waals surface area (Å²) in [5.41, 5.74) is 15.2. The van der Waals surface area contributed by atoms with Gasteiger partial charge in [-0.05, 0) is 59.1 Å². The van der Waals surface area contributed by atoms with Gasteiger partial charge in [0.1, 0.15) is 17.4 Å². The number of aliphatic hydroxyl groups is 1. The molecule has 0 aromatic heterocycles. The number of rotatable bonds is 13. The van der Waals surface area contributed by atoms with Gasteiger partial charge >= 0.3 is 0 Å². The van der Waals surface area contributed by atoms with E-state index in [9.17, 15) is 19.1 Å². The zero-order valence-corrected chi connectivity index (χ0v) is 26.0. The molecule has 13 heteroatoms. The van der Waals surface area contributed by atoms with Crippen molar-refractivity contribution in [1.82, 2.24) is 10.9 Å². The summed E-state index contributed by atoms with van der Waals surface area (Å²) in [6.07, 6.45) is -0.490. The number of hydrogen-bond donors (Lipinski definition) is 3. The zero-order chi connectivity index (χ0) is 32.5. The van der Waals surface area contributed by atoms with Gasteiger partial charge in [-0.15, -0.1) is 0 Å². The molecule has 10 nitrogen and oxygen atoms in total. The number of hydrazine groups is 1. The summed E-state index contributed by atoms with van der Waals surface area (Å²) in [6.45, 7) is 0.226. The monoisotopic (exact) mass is 690 g/mol. The average Bonchev–Trinajstić information content (AvgIpc) is 3.44. The number of nitrogens with one attached hydrogen (secondary N) is 2. The van der Waals surface area contributed by atoms with Crippen molar-refractivity contribution in [2.24, 2.45) is 10.1 Å². The molecule has 0 radical (unpaired) electrons. The van der Waals surface area contributed by atoms with Gasteiger partial charge in [-0.1, -0.05) is 63.5 Å². The van der Waals surface area contributed by atoms with Crippen molar-refractivity contribution in [3.63, 3.8) is 0 Å². The second kappa shape index (κ2) is 15.0. The lowest BCUT2D eigenvalue weighted by atomic mass is 9.81. The number of carbonyl (C=O) groups excluding carboxylic acids is 1. The van der Waals surface area contributed by atoms with Gasteiger partial charge in [-0.25, -0.2) is 19.2 Å². The van der Waals surface area contributed by atoms with Gasteiger partial charge < -0.3 is 14.6 Å². The van der Waals surface area contributed by atoms with E-state index in [-0.39, 0.29) is 31.0 Å². The van der Waals surface area contributed by atoms with E-state index in [2.05, 4.69) is 36.8 Å². The Bertz CT molecular complexity index is 1770. The van der Waals surface area contributed by atoms with Crippen LogP contribution >= 0.6 is 15.9 Å². The van der Waals surface area contributed by atoms with E-state index in [0.29, 0.717) is 41.2 Å². The summed E-state index contributed by atoms with van der Waals surface area (Å²) in [4.78, 5) is 22.2. The van der Waals surface area contributed by atoms with Crippen LogP contribution in [-0.2, 0) is 22.5 Å². The highest BCUT2D eigenvalue weighted by Crippen LogP contribution is 2.44. The van der Waals surface area contributed by atoms with Crippen LogP contribution < -0.4 is 15.6 Å². The lowest BCUT2D eigenvalue weighted by Gasteiger charge is -2.31. The number of carbonyl (C=O) groups is 1. The third-order valence-electron chi connectivity index (χ3n) is 7.30. The molecule has 1 amide bonds. The van der Waals surface area contributed by atoms with Gasteiger partial charge in [0.05, 0.1) is 6.61 Å². The van der Waals surface area contributed by atoms with Crippen LogP contribution in [0, 0.1) is 11.6 Å². The first kappa shape index (κ1) is 32.6. The first-order valence-electron chi connectivity index (χ1n) is 14.3. The molecule has 0 saturated carbocycles. The molecule has 4 aromatic carbocycles. The molecule has 0 fully saturated rings. The minimum atomic E-state index is -1.64. The molecule has 0 unspecified atom stereocenters. The minimum absolute atomic E-state index is 0.0147. The first-order chi connectivity index (χ1) is 22.3. The Morgan fingerprint density at radius 2 is 1.83 bits per heavy atom. The summed E-state index contributed by atoms with van der Waals surface area (Å²) < 4.78 is 40.7. The molecule has 236 valence electrons. The molecule has 0 spiro atoms. The van der Waals surface area contributed by atoms with Crippen LogP contribution in [-0.4, -0.2) is 35.7 Å². The summed E-state index contributed by atoms with van der Waals surface area (Å²) in [7, 11) is 0. The van der Waals surface area contributed by atoms with Crippen LogP contribution in [0.5, 0.6) is 5.75 Å². The molecule has 5 rings (SSSR count). The summed E-state index contributed by atoms with van der Waals surface area (Å²) in [5, 5.41) is 12.9. The third-order valence-corrected chi connectivity index (χ3v) is 7.83. The number of nitrogens with zero attached hydrogens (tertiary/aromatic N) is 4. The van der Waals surface area contributed by atoms with Crippen LogP contribution in [0.3, 0.4) is 0 Å². The van der Waals surface area contributed by atoms with E-state index in [0.717, 1.165) is 16.6 Å². The zero-order valence-electron chi connectivity index (χ0n) is 24.4. The number of azide groups is 1. The van der Waals surface area contributed by atoms with Crippen LogP contribution in [0.1, 0.15) is 34.8 Å². The van der Waals surface area contributed by atoms with Crippen molar-refractivity contribution in [3.8, 4) is 5.75 Å². The number of hydrogen-bond acceptors (Lipinski definition) is 7. The maximum atomic E-state index is 14.3. The highest BCUT2D eigenvalue weighted by molar-refractivity contribution is 9.10. The van der Waals surface area contributed by atoms with Crippen LogP contribution in [0.25, 0.3) is 10.4 Å². The Hall–Kier alpha value is -4.81. The quantitative estimate of drug-likeness (QED) is 0.0468. The van der Waals surface area contributed by atoms with Crippen molar-refractivity contribution in [2.45, 2.75) is 31.0 Å². The number of amides is 1. The Morgan fingerprint density at radius 1 is 1.07 bits per heavy atom. The van der Waals surface area contributed by atoms with Crippen molar-refractivity contribution in [1.29, 1.82) is 0 Å². The average molecular weight is 692 g/mol. The number of aliphatic imine (C=N–C) groups is 1. The molecule has 46 heavy (non-hydrogen) atoms. The number of aliphatic hydroxyl groups excluding tert-OH is 1. The van der Waals surface area contributed by atoms with Gasteiger partial charge in [0.25, 0.3) is 5.91 Å². The molecule has 1 aliphatic rings.